The van der Waals surface area contributed by atoms with Crippen LogP contribution in [0.3, 0.4) is 0 Å². The highest BCUT2D eigenvalue weighted by atomic mass is 28.4. The fraction of sp³-hybridized carbons (Fsp3) is 0.409. The Bertz CT molecular complexity index is 678. The summed E-state index contributed by atoms with van der Waals surface area (Å²) in [7, 11) is -2.08. The van der Waals surface area contributed by atoms with Gasteiger partial charge in [-0.15, -0.1) is 0 Å². The number of hydrogen-bond acceptors (Lipinski definition) is 3. The summed E-state index contributed by atoms with van der Waals surface area (Å²) < 4.78 is 12.6. The molecule has 2 aromatic rings. The SMILES string of the molecule is CC(C)(C)[Si](C)(C)O[C@H](c1ccccc1)[C@H](C=O)OCc1ccccc1. The van der Waals surface area contributed by atoms with Crippen LogP contribution in [0.25, 0.3) is 0 Å². The Labute approximate surface area is 158 Å². The van der Waals surface area contributed by atoms with Crippen LogP contribution in [0.4, 0.5) is 0 Å². The molecule has 4 heteroatoms. The van der Waals surface area contributed by atoms with Crippen LogP contribution in [0.15, 0.2) is 60.7 Å². The molecule has 0 aromatic heterocycles. The van der Waals surface area contributed by atoms with Crippen LogP contribution in [0, 0.1) is 0 Å². The summed E-state index contributed by atoms with van der Waals surface area (Å²) in [5, 5.41) is 0.0485. The molecule has 0 heterocycles. The second kappa shape index (κ2) is 8.76. The summed E-state index contributed by atoms with van der Waals surface area (Å²) in [4.78, 5) is 11.9. The summed E-state index contributed by atoms with van der Waals surface area (Å²) >= 11 is 0. The number of hydrogen-bond donors (Lipinski definition) is 0. The molecule has 26 heavy (non-hydrogen) atoms. The molecule has 0 bridgehead atoms. The number of carbonyl (C=O) groups excluding carboxylic acids is 1. The maximum absolute atomic E-state index is 11.9. The van der Waals surface area contributed by atoms with E-state index in [0.717, 1.165) is 17.4 Å². The van der Waals surface area contributed by atoms with Gasteiger partial charge in [0.25, 0.3) is 0 Å². The van der Waals surface area contributed by atoms with Crippen molar-refractivity contribution in [1.82, 2.24) is 0 Å². The van der Waals surface area contributed by atoms with Gasteiger partial charge in [0, 0.05) is 0 Å². The molecule has 0 saturated carbocycles. The molecular weight excluding hydrogens is 340 g/mol. The maximum atomic E-state index is 11.9. The van der Waals surface area contributed by atoms with E-state index in [1.165, 1.54) is 0 Å². The average molecular weight is 371 g/mol. The van der Waals surface area contributed by atoms with Gasteiger partial charge >= 0.3 is 0 Å². The quantitative estimate of drug-likeness (QED) is 0.452. The van der Waals surface area contributed by atoms with E-state index in [1.54, 1.807) is 0 Å². The first kappa shape index (κ1) is 20.6. The van der Waals surface area contributed by atoms with E-state index in [0.29, 0.717) is 6.61 Å². The lowest BCUT2D eigenvalue weighted by Crippen LogP contribution is -2.44. The minimum atomic E-state index is -2.08. The predicted octanol–water partition coefficient (Wildman–Crippen LogP) is 5.53. The first-order valence-corrected chi connectivity index (χ1v) is 12.0. The molecule has 0 aliphatic heterocycles. The lowest BCUT2D eigenvalue weighted by atomic mass is 10.1. The van der Waals surface area contributed by atoms with Crippen molar-refractivity contribution in [2.24, 2.45) is 0 Å². The van der Waals surface area contributed by atoms with Crippen molar-refractivity contribution in [1.29, 1.82) is 0 Å². The van der Waals surface area contributed by atoms with Crippen molar-refractivity contribution >= 4 is 14.6 Å². The van der Waals surface area contributed by atoms with Crippen molar-refractivity contribution in [2.45, 2.75) is 57.7 Å². The van der Waals surface area contributed by atoms with Crippen LogP contribution >= 0.6 is 0 Å². The molecule has 0 amide bonds. The normalized spacial score (nSPS) is 14.7. The largest absolute Gasteiger partial charge is 0.407 e. The minimum Gasteiger partial charge on any atom is -0.407 e. The predicted molar refractivity (Wildman–Crippen MR) is 109 cm³/mol. The van der Waals surface area contributed by atoms with Gasteiger partial charge in [0.2, 0.25) is 0 Å². The molecule has 3 nitrogen and oxygen atoms in total. The molecule has 0 aliphatic rings. The topological polar surface area (TPSA) is 35.5 Å². The minimum absolute atomic E-state index is 0.0485. The van der Waals surface area contributed by atoms with Gasteiger partial charge in [-0.05, 0) is 29.3 Å². The van der Waals surface area contributed by atoms with Crippen LogP contribution in [-0.2, 0) is 20.6 Å². The van der Waals surface area contributed by atoms with Crippen LogP contribution < -0.4 is 0 Å². The molecule has 2 atom stereocenters. The highest BCUT2D eigenvalue weighted by Gasteiger charge is 2.41. The van der Waals surface area contributed by atoms with E-state index in [4.69, 9.17) is 9.16 Å². The molecule has 0 unspecified atom stereocenters. The monoisotopic (exact) mass is 370 g/mol. The standard InChI is InChI=1S/C22H30O3Si/c1-22(2,3)26(4,5)25-21(19-14-10-7-11-15-19)20(16-23)24-17-18-12-8-6-9-13-18/h6-16,20-21H,17H2,1-5H3/t20-,21+/m0/s1. The summed E-state index contributed by atoms with van der Waals surface area (Å²) in [6.45, 7) is 11.4. The number of rotatable bonds is 8. The molecule has 0 fully saturated rings. The second-order valence-corrected chi connectivity index (χ2v) is 12.9. The molecular formula is C22H30O3Si. The van der Waals surface area contributed by atoms with E-state index in [-0.39, 0.29) is 5.04 Å². The molecule has 0 spiro atoms. The summed E-state index contributed by atoms with van der Waals surface area (Å²) in [5.74, 6) is 0. The van der Waals surface area contributed by atoms with E-state index in [1.807, 2.05) is 60.7 Å². The Morgan fingerprint density at radius 1 is 0.962 bits per heavy atom. The van der Waals surface area contributed by atoms with E-state index in [9.17, 15) is 4.79 Å². The summed E-state index contributed by atoms with van der Waals surface area (Å²) in [5.41, 5.74) is 2.01. The third-order valence-electron chi connectivity index (χ3n) is 5.07. The Kier molecular flexibility index (Phi) is 6.92. The number of benzene rings is 2. The van der Waals surface area contributed by atoms with Crippen LogP contribution in [0.2, 0.25) is 18.1 Å². The van der Waals surface area contributed by atoms with Crippen molar-refractivity contribution < 1.29 is 14.0 Å². The van der Waals surface area contributed by atoms with Gasteiger partial charge in [-0.3, -0.25) is 0 Å². The number of ether oxygens (including phenoxy) is 1. The fourth-order valence-electron chi connectivity index (χ4n) is 2.43. The average Bonchev–Trinajstić information content (AvgIpc) is 2.62. The van der Waals surface area contributed by atoms with Crippen molar-refractivity contribution in [3.8, 4) is 0 Å². The smallest absolute Gasteiger partial charge is 0.193 e. The number of carbonyl (C=O) groups is 1. The van der Waals surface area contributed by atoms with Crippen molar-refractivity contribution in [3.05, 3.63) is 71.8 Å². The van der Waals surface area contributed by atoms with Gasteiger partial charge in [-0.2, -0.15) is 0 Å². The molecule has 2 aromatic carbocycles. The second-order valence-electron chi connectivity index (χ2n) is 8.11. The lowest BCUT2D eigenvalue weighted by Gasteiger charge is -2.40. The van der Waals surface area contributed by atoms with Gasteiger partial charge < -0.3 is 14.0 Å². The van der Waals surface area contributed by atoms with Crippen LogP contribution in [-0.4, -0.2) is 20.7 Å². The van der Waals surface area contributed by atoms with Gasteiger partial charge in [0.1, 0.15) is 12.2 Å². The summed E-state index contributed by atoms with van der Waals surface area (Å²) in [6, 6.07) is 19.8. The van der Waals surface area contributed by atoms with Crippen LogP contribution in [0.1, 0.15) is 38.0 Å². The molecule has 2 rings (SSSR count). The molecule has 0 radical (unpaired) electrons. The zero-order chi connectivity index (χ0) is 19.2. The first-order chi connectivity index (χ1) is 12.2. The zero-order valence-corrected chi connectivity index (χ0v) is 17.4. The molecule has 0 saturated heterocycles. The summed E-state index contributed by atoms with van der Waals surface area (Å²) in [6.07, 6.45) is -0.182. The molecule has 140 valence electrons. The Morgan fingerprint density at radius 2 is 1.50 bits per heavy atom. The zero-order valence-electron chi connectivity index (χ0n) is 16.4. The Balaban J connectivity index is 2.25. The Hall–Kier alpha value is -1.75. The first-order valence-electron chi connectivity index (χ1n) is 9.08. The van der Waals surface area contributed by atoms with Crippen molar-refractivity contribution in [2.75, 3.05) is 0 Å². The third-order valence-corrected chi connectivity index (χ3v) is 9.53. The van der Waals surface area contributed by atoms with Gasteiger partial charge in [0.15, 0.2) is 14.6 Å². The lowest BCUT2D eigenvalue weighted by molar-refractivity contribution is -0.126. The highest BCUT2D eigenvalue weighted by molar-refractivity contribution is 6.74. The Morgan fingerprint density at radius 3 is 2.00 bits per heavy atom. The van der Waals surface area contributed by atoms with Crippen LogP contribution in [0.5, 0.6) is 0 Å². The van der Waals surface area contributed by atoms with E-state index < -0.39 is 20.5 Å². The fourth-order valence-corrected chi connectivity index (χ4v) is 3.69. The van der Waals surface area contributed by atoms with Crippen molar-refractivity contribution in [3.63, 3.8) is 0 Å². The molecule has 0 aliphatic carbocycles. The van der Waals surface area contributed by atoms with Gasteiger partial charge in [0.05, 0.1) is 6.61 Å². The van der Waals surface area contributed by atoms with Gasteiger partial charge in [-0.25, -0.2) is 0 Å². The third kappa shape index (κ3) is 5.37. The molecule has 0 N–H and O–H groups in total. The van der Waals surface area contributed by atoms with E-state index in [2.05, 4.69) is 33.9 Å². The maximum Gasteiger partial charge on any atom is 0.193 e. The number of aldehydes is 1. The highest BCUT2D eigenvalue weighted by Crippen LogP contribution is 2.40. The van der Waals surface area contributed by atoms with Gasteiger partial charge in [-0.1, -0.05) is 81.4 Å². The van der Waals surface area contributed by atoms with E-state index >= 15 is 0 Å².